The number of ether oxygens (including phenoxy) is 2. The predicted octanol–water partition coefficient (Wildman–Crippen LogP) is 2.79. The van der Waals surface area contributed by atoms with Crippen LogP contribution in [-0.2, 0) is 11.2 Å². The van der Waals surface area contributed by atoms with Crippen molar-refractivity contribution in [2.45, 2.75) is 19.4 Å². The van der Waals surface area contributed by atoms with Crippen LogP contribution in [0.3, 0.4) is 0 Å². The largest absolute Gasteiger partial charge is 0.493 e. The molecule has 0 saturated carbocycles. The van der Waals surface area contributed by atoms with Gasteiger partial charge < -0.3 is 20.5 Å². The van der Waals surface area contributed by atoms with E-state index in [1.807, 2.05) is 49.4 Å². The molecule has 2 aromatic carbocycles. The van der Waals surface area contributed by atoms with Crippen molar-refractivity contribution in [3.05, 3.63) is 59.2 Å². The molecule has 5 nitrogen and oxygen atoms in total. The molecule has 0 radical (unpaired) electrons. The Bertz CT molecular complexity index is 690. The van der Waals surface area contributed by atoms with Gasteiger partial charge >= 0.3 is 0 Å². The maximum atomic E-state index is 12.2. The summed E-state index contributed by atoms with van der Waals surface area (Å²) in [5.41, 5.74) is 9.00. The molecule has 2 rings (SSSR count). The maximum Gasteiger partial charge on any atom is 0.241 e. The molecule has 0 aliphatic heterocycles. The monoisotopic (exact) mass is 364 g/mol. The van der Waals surface area contributed by atoms with E-state index in [2.05, 4.69) is 5.32 Å². The van der Waals surface area contributed by atoms with E-state index < -0.39 is 6.04 Å². The first-order valence-corrected chi connectivity index (χ1v) is 7.86. The number of carbonyl (C=O) groups excluding carboxylic acids is 1. The molecular formula is C19H25ClN2O3. The Morgan fingerprint density at radius 2 is 1.72 bits per heavy atom. The Hall–Kier alpha value is -2.24. The van der Waals surface area contributed by atoms with Gasteiger partial charge in [0, 0.05) is 6.54 Å². The van der Waals surface area contributed by atoms with Crippen LogP contribution in [0.1, 0.15) is 22.7 Å². The van der Waals surface area contributed by atoms with E-state index in [1.54, 1.807) is 14.2 Å². The van der Waals surface area contributed by atoms with Crippen molar-refractivity contribution in [1.82, 2.24) is 5.32 Å². The molecule has 0 heterocycles. The van der Waals surface area contributed by atoms with Crippen molar-refractivity contribution in [1.29, 1.82) is 0 Å². The second-order valence-corrected chi connectivity index (χ2v) is 5.62. The van der Waals surface area contributed by atoms with Crippen LogP contribution in [0.5, 0.6) is 11.5 Å². The Kier molecular flexibility index (Phi) is 8.25. The summed E-state index contributed by atoms with van der Waals surface area (Å²) in [6.45, 7) is 2.51. The predicted molar refractivity (Wildman–Crippen MR) is 102 cm³/mol. The van der Waals surface area contributed by atoms with Gasteiger partial charge in [0.1, 0.15) is 6.04 Å². The van der Waals surface area contributed by atoms with Gasteiger partial charge in [0.15, 0.2) is 11.5 Å². The van der Waals surface area contributed by atoms with Gasteiger partial charge in [0.2, 0.25) is 5.91 Å². The van der Waals surface area contributed by atoms with Crippen LogP contribution < -0.4 is 20.5 Å². The highest BCUT2D eigenvalue weighted by molar-refractivity contribution is 5.85. The van der Waals surface area contributed by atoms with Crippen LogP contribution in [0.2, 0.25) is 0 Å². The van der Waals surface area contributed by atoms with Crippen LogP contribution in [-0.4, -0.2) is 26.7 Å². The van der Waals surface area contributed by atoms with E-state index >= 15 is 0 Å². The highest BCUT2D eigenvalue weighted by Gasteiger charge is 2.15. The molecule has 1 amide bonds. The fraction of sp³-hybridized carbons (Fsp3) is 0.316. The summed E-state index contributed by atoms with van der Waals surface area (Å²) >= 11 is 0. The number of methoxy groups -OCH3 is 2. The number of hydrogen-bond acceptors (Lipinski definition) is 4. The third-order valence-corrected chi connectivity index (χ3v) is 3.88. The number of halogens is 1. The quantitative estimate of drug-likeness (QED) is 0.792. The molecule has 0 saturated heterocycles. The summed E-state index contributed by atoms with van der Waals surface area (Å²) in [7, 11) is 3.20. The second kappa shape index (κ2) is 9.91. The average Bonchev–Trinajstić information content (AvgIpc) is 2.61. The SMILES string of the molecule is COc1ccc(CCNC(=O)C(N)c2ccc(C)cc2)cc1OC.Cl. The summed E-state index contributed by atoms with van der Waals surface area (Å²) in [5.74, 6) is 1.18. The maximum absolute atomic E-state index is 12.2. The topological polar surface area (TPSA) is 73.6 Å². The molecule has 0 spiro atoms. The molecule has 2 aromatic rings. The Morgan fingerprint density at radius 1 is 1.08 bits per heavy atom. The highest BCUT2D eigenvalue weighted by Crippen LogP contribution is 2.27. The van der Waals surface area contributed by atoms with E-state index in [4.69, 9.17) is 15.2 Å². The smallest absolute Gasteiger partial charge is 0.241 e. The summed E-state index contributed by atoms with van der Waals surface area (Å²) < 4.78 is 10.5. The van der Waals surface area contributed by atoms with E-state index in [0.717, 1.165) is 16.7 Å². The van der Waals surface area contributed by atoms with Crippen LogP contribution in [0.15, 0.2) is 42.5 Å². The number of carbonyl (C=O) groups is 1. The van der Waals surface area contributed by atoms with Crippen molar-refractivity contribution >= 4 is 18.3 Å². The minimum absolute atomic E-state index is 0. The molecule has 6 heteroatoms. The highest BCUT2D eigenvalue weighted by atomic mass is 35.5. The van der Waals surface area contributed by atoms with Crippen molar-refractivity contribution in [3.8, 4) is 11.5 Å². The van der Waals surface area contributed by atoms with Crippen molar-refractivity contribution in [2.24, 2.45) is 5.73 Å². The molecule has 0 aromatic heterocycles. The van der Waals surface area contributed by atoms with Gasteiger partial charge in [-0.25, -0.2) is 0 Å². The van der Waals surface area contributed by atoms with Crippen LogP contribution in [0.4, 0.5) is 0 Å². The molecule has 0 bridgehead atoms. The van der Waals surface area contributed by atoms with Crippen molar-refractivity contribution < 1.29 is 14.3 Å². The van der Waals surface area contributed by atoms with Crippen LogP contribution in [0, 0.1) is 6.92 Å². The lowest BCUT2D eigenvalue weighted by Gasteiger charge is -2.13. The molecule has 0 aliphatic carbocycles. The molecule has 25 heavy (non-hydrogen) atoms. The average molecular weight is 365 g/mol. The fourth-order valence-corrected chi connectivity index (χ4v) is 2.40. The van der Waals surface area contributed by atoms with E-state index in [-0.39, 0.29) is 18.3 Å². The fourth-order valence-electron chi connectivity index (χ4n) is 2.40. The lowest BCUT2D eigenvalue weighted by molar-refractivity contribution is -0.122. The van der Waals surface area contributed by atoms with Gasteiger partial charge in [0.05, 0.1) is 14.2 Å². The third kappa shape index (κ3) is 5.66. The number of benzene rings is 2. The minimum atomic E-state index is -0.656. The summed E-state index contributed by atoms with van der Waals surface area (Å²) in [6.07, 6.45) is 0.687. The summed E-state index contributed by atoms with van der Waals surface area (Å²) in [5, 5.41) is 2.87. The lowest BCUT2D eigenvalue weighted by Crippen LogP contribution is -2.35. The lowest BCUT2D eigenvalue weighted by atomic mass is 10.1. The zero-order valence-corrected chi connectivity index (χ0v) is 15.6. The molecule has 136 valence electrons. The second-order valence-electron chi connectivity index (χ2n) is 5.62. The van der Waals surface area contributed by atoms with Crippen LogP contribution >= 0.6 is 12.4 Å². The third-order valence-electron chi connectivity index (χ3n) is 3.88. The molecule has 0 aliphatic rings. The Morgan fingerprint density at radius 3 is 2.32 bits per heavy atom. The number of amides is 1. The van der Waals surface area contributed by atoms with Gasteiger partial charge in [-0.1, -0.05) is 35.9 Å². The molecule has 3 N–H and O–H groups in total. The standard InChI is InChI=1S/C19H24N2O3.ClH/c1-13-4-7-15(8-5-13)18(20)19(22)21-11-10-14-6-9-16(23-2)17(12-14)24-3;/h4-9,12,18H,10-11,20H2,1-3H3,(H,21,22);1H. The Balaban J connectivity index is 0.00000312. The molecular weight excluding hydrogens is 340 g/mol. The molecule has 1 unspecified atom stereocenters. The van der Waals surface area contributed by atoms with E-state index in [1.165, 1.54) is 0 Å². The zero-order chi connectivity index (χ0) is 17.5. The van der Waals surface area contributed by atoms with Crippen molar-refractivity contribution in [3.63, 3.8) is 0 Å². The minimum Gasteiger partial charge on any atom is -0.493 e. The van der Waals surface area contributed by atoms with Gasteiger partial charge in [-0.2, -0.15) is 0 Å². The molecule has 1 atom stereocenters. The first kappa shape index (κ1) is 20.8. The summed E-state index contributed by atoms with van der Waals surface area (Å²) in [6, 6.07) is 12.7. The number of aryl methyl sites for hydroxylation is 1. The Labute approximate surface area is 154 Å². The van der Waals surface area contributed by atoms with Crippen molar-refractivity contribution in [2.75, 3.05) is 20.8 Å². The van der Waals surface area contributed by atoms with Gasteiger partial charge in [-0.3, -0.25) is 4.79 Å². The summed E-state index contributed by atoms with van der Waals surface area (Å²) in [4.78, 5) is 12.2. The number of nitrogens with two attached hydrogens (primary N) is 1. The van der Waals surface area contributed by atoms with Crippen LogP contribution in [0.25, 0.3) is 0 Å². The van der Waals surface area contributed by atoms with E-state index in [9.17, 15) is 4.79 Å². The van der Waals surface area contributed by atoms with Gasteiger partial charge in [-0.05, 0) is 36.6 Å². The first-order chi connectivity index (χ1) is 11.5. The number of nitrogens with one attached hydrogen (secondary N) is 1. The normalized spacial score (nSPS) is 11.2. The number of hydrogen-bond donors (Lipinski definition) is 2. The number of rotatable bonds is 7. The first-order valence-electron chi connectivity index (χ1n) is 7.86. The zero-order valence-electron chi connectivity index (χ0n) is 14.7. The molecule has 0 fully saturated rings. The van der Waals surface area contributed by atoms with Gasteiger partial charge in [0.25, 0.3) is 0 Å². The van der Waals surface area contributed by atoms with Gasteiger partial charge in [-0.15, -0.1) is 12.4 Å². The van der Waals surface area contributed by atoms with E-state index in [0.29, 0.717) is 24.5 Å².